The van der Waals surface area contributed by atoms with Gasteiger partial charge in [0.25, 0.3) is 5.91 Å². The number of hydrogen-bond acceptors (Lipinski definition) is 5. The molecule has 7 heteroatoms. The van der Waals surface area contributed by atoms with E-state index in [1.807, 2.05) is 6.07 Å². The Morgan fingerprint density at radius 1 is 1.28 bits per heavy atom. The van der Waals surface area contributed by atoms with Crippen LogP contribution in [0.5, 0.6) is 0 Å². The smallest absolute Gasteiger partial charge is 0.255 e. The molecule has 0 radical (unpaired) electrons. The summed E-state index contributed by atoms with van der Waals surface area (Å²) < 4.78 is 22.9. The maximum Gasteiger partial charge on any atom is 0.255 e. The van der Waals surface area contributed by atoms with Crippen molar-refractivity contribution >= 4 is 21.6 Å². The van der Waals surface area contributed by atoms with Gasteiger partial charge < -0.3 is 10.2 Å². The van der Waals surface area contributed by atoms with Crippen LogP contribution in [-0.4, -0.2) is 55.3 Å². The summed E-state index contributed by atoms with van der Waals surface area (Å²) in [5, 5.41) is 3.38. The van der Waals surface area contributed by atoms with Crippen molar-refractivity contribution in [3.05, 3.63) is 23.9 Å². The number of nitrogens with one attached hydrogen (secondary N) is 1. The van der Waals surface area contributed by atoms with Crippen LogP contribution in [0, 0.1) is 11.8 Å². The van der Waals surface area contributed by atoms with E-state index in [1.54, 1.807) is 17.2 Å². The van der Waals surface area contributed by atoms with E-state index in [-0.39, 0.29) is 30.5 Å². The number of carbonyl (C=O) groups excluding carboxylic acids is 1. The SMILES string of the molecule is CC1CCCC(CNc2ccc(C(=O)N3CCS(=O)(=O)CC3)cn2)C1. The van der Waals surface area contributed by atoms with Crippen molar-refractivity contribution < 1.29 is 13.2 Å². The predicted molar refractivity (Wildman–Crippen MR) is 98.4 cm³/mol. The summed E-state index contributed by atoms with van der Waals surface area (Å²) in [5.41, 5.74) is 0.510. The molecule has 1 saturated carbocycles. The minimum absolute atomic E-state index is 0.0472. The molecule has 2 heterocycles. The van der Waals surface area contributed by atoms with E-state index >= 15 is 0 Å². The molecule has 0 bridgehead atoms. The van der Waals surface area contributed by atoms with E-state index in [4.69, 9.17) is 0 Å². The first-order valence-electron chi connectivity index (χ1n) is 9.12. The first-order chi connectivity index (χ1) is 11.9. The highest BCUT2D eigenvalue weighted by Crippen LogP contribution is 2.28. The van der Waals surface area contributed by atoms with Crippen LogP contribution in [0.2, 0.25) is 0 Å². The van der Waals surface area contributed by atoms with Gasteiger partial charge in [-0.1, -0.05) is 19.8 Å². The maximum absolute atomic E-state index is 12.4. The van der Waals surface area contributed by atoms with Gasteiger partial charge in [-0.25, -0.2) is 13.4 Å². The predicted octanol–water partition coefficient (Wildman–Crippen LogP) is 2.19. The zero-order valence-corrected chi connectivity index (χ0v) is 15.6. The van der Waals surface area contributed by atoms with Crippen molar-refractivity contribution in [2.75, 3.05) is 36.5 Å². The molecule has 2 unspecified atom stereocenters. The van der Waals surface area contributed by atoms with Crippen LogP contribution < -0.4 is 5.32 Å². The summed E-state index contributed by atoms with van der Waals surface area (Å²) in [6, 6.07) is 3.60. The summed E-state index contributed by atoms with van der Waals surface area (Å²) in [7, 11) is -2.98. The lowest BCUT2D eigenvalue weighted by molar-refractivity contribution is 0.0770. The second-order valence-corrected chi connectivity index (χ2v) is 9.70. The number of hydrogen-bond donors (Lipinski definition) is 1. The van der Waals surface area contributed by atoms with E-state index in [9.17, 15) is 13.2 Å². The largest absolute Gasteiger partial charge is 0.370 e. The molecule has 0 aromatic carbocycles. The molecule has 25 heavy (non-hydrogen) atoms. The minimum atomic E-state index is -2.98. The van der Waals surface area contributed by atoms with Gasteiger partial charge in [-0.3, -0.25) is 4.79 Å². The molecule has 1 amide bonds. The lowest BCUT2D eigenvalue weighted by atomic mass is 9.82. The van der Waals surface area contributed by atoms with Gasteiger partial charge >= 0.3 is 0 Å². The van der Waals surface area contributed by atoms with Crippen molar-refractivity contribution in [3.63, 3.8) is 0 Å². The number of anilines is 1. The molecule has 1 aliphatic heterocycles. The summed E-state index contributed by atoms with van der Waals surface area (Å²) in [4.78, 5) is 18.4. The van der Waals surface area contributed by atoms with Crippen LogP contribution >= 0.6 is 0 Å². The Labute approximate surface area is 149 Å². The average molecular weight is 365 g/mol. The Morgan fingerprint density at radius 2 is 2.04 bits per heavy atom. The Bertz CT molecular complexity index is 689. The number of pyridine rings is 1. The fraction of sp³-hybridized carbons (Fsp3) is 0.667. The van der Waals surface area contributed by atoms with Gasteiger partial charge in [-0.2, -0.15) is 0 Å². The molecule has 1 aromatic heterocycles. The highest BCUT2D eigenvalue weighted by molar-refractivity contribution is 7.91. The molecule has 2 aliphatic rings. The number of aromatic nitrogens is 1. The fourth-order valence-electron chi connectivity index (χ4n) is 3.72. The quantitative estimate of drug-likeness (QED) is 0.885. The molecule has 2 atom stereocenters. The molecule has 1 saturated heterocycles. The maximum atomic E-state index is 12.4. The highest BCUT2D eigenvalue weighted by atomic mass is 32.2. The highest BCUT2D eigenvalue weighted by Gasteiger charge is 2.26. The first-order valence-corrected chi connectivity index (χ1v) is 10.9. The van der Waals surface area contributed by atoms with Crippen LogP contribution in [0.3, 0.4) is 0 Å². The Morgan fingerprint density at radius 3 is 2.68 bits per heavy atom. The number of amides is 1. The van der Waals surface area contributed by atoms with E-state index in [1.165, 1.54) is 25.7 Å². The zero-order chi connectivity index (χ0) is 17.9. The molecule has 1 N–H and O–H groups in total. The van der Waals surface area contributed by atoms with Crippen LogP contribution in [-0.2, 0) is 9.84 Å². The third-order valence-electron chi connectivity index (χ3n) is 5.26. The third kappa shape index (κ3) is 4.93. The molecule has 1 aliphatic carbocycles. The monoisotopic (exact) mass is 365 g/mol. The Balaban J connectivity index is 1.52. The van der Waals surface area contributed by atoms with E-state index in [0.717, 1.165) is 18.3 Å². The van der Waals surface area contributed by atoms with Crippen LogP contribution in [0.15, 0.2) is 18.3 Å². The Hall–Kier alpha value is -1.63. The number of nitrogens with zero attached hydrogens (tertiary/aromatic N) is 2. The van der Waals surface area contributed by atoms with Crippen molar-refractivity contribution in [3.8, 4) is 0 Å². The Kier molecular flexibility index (Phi) is 5.61. The lowest BCUT2D eigenvalue weighted by Gasteiger charge is -2.27. The van der Waals surface area contributed by atoms with Crippen molar-refractivity contribution in [2.24, 2.45) is 11.8 Å². The van der Waals surface area contributed by atoms with Crippen molar-refractivity contribution in [1.29, 1.82) is 0 Å². The van der Waals surface area contributed by atoms with Gasteiger partial charge in [-0.05, 0) is 36.8 Å². The van der Waals surface area contributed by atoms with Crippen LogP contribution in [0.4, 0.5) is 5.82 Å². The number of rotatable bonds is 4. The second kappa shape index (κ2) is 7.72. The normalized spacial score (nSPS) is 26.2. The van der Waals surface area contributed by atoms with Gasteiger partial charge in [0.1, 0.15) is 5.82 Å². The van der Waals surface area contributed by atoms with E-state index < -0.39 is 9.84 Å². The van der Waals surface area contributed by atoms with Gasteiger partial charge in [0.2, 0.25) is 0 Å². The summed E-state index contributed by atoms with van der Waals surface area (Å²) in [6.45, 7) is 3.77. The summed E-state index contributed by atoms with van der Waals surface area (Å²) in [5.74, 6) is 2.24. The van der Waals surface area contributed by atoms with Crippen molar-refractivity contribution in [2.45, 2.75) is 32.6 Å². The molecule has 138 valence electrons. The van der Waals surface area contributed by atoms with Gasteiger partial charge in [-0.15, -0.1) is 0 Å². The van der Waals surface area contributed by atoms with E-state index in [0.29, 0.717) is 11.5 Å². The molecule has 3 rings (SSSR count). The average Bonchev–Trinajstić information content (AvgIpc) is 2.60. The molecule has 2 fully saturated rings. The number of carbonyl (C=O) groups is 1. The molecular formula is C18H27N3O3S. The topological polar surface area (TPSA) is 79.4 Å². The van der Waals surface area contributed by atoms with Crippen LogP contribution in [0.25, 0.3) is 0 Å². The number of sulfone groups is 1. The van der Waals surface area contributed by atoms with Crippen LogP contribution in [0.1, 0.15) is 43.0 Å². The van der Waals surface area contributed by atoms with Gasteiger partial charge in [0.15, 0.2) is 9.84 Å². The van der Waals surface area contributed by atoms with Crippen molar-refractivity contribution in [1.82, 2.24) is 9.88 Å². The van der Waals surface area contributed by atoms with Gasteiger partial charge in [0.05, 0.1) is 17.1 Å². The fourth-order valence-corrected chi connectivity index (χ4v) is 4.92. The minimum Gasteiger partial charge on any atom is -0.370 e. The molecular weight excluding hydrogens is 338 g/mol. The first kappa shape index (κ1) is 18.2. The summed E-state index contributed by atoms with van der Waals surface area (Å²) >= 11 is 0. The zero-order valence-electron chi connectivity index (χ0n) is 14.8. The van der Waals surface area contributed by atoms with E-state index in [2.05, 4.69) is 17.2 Å². The molecule has 0 spiro atoms. The lowest BCUT2D eigenvalue weighted by Crippen LogP contribution is -2.43. The molecule has 6 nitrogen and oxygen atoms in total. The molecule has 1 aromatic rings. The summed E-state index contributed by atoms with van der Waals surface area (Å²) in [6.07, 6.45) is 6.76. The third-order valence-corrected chi connectivity index (χ3v) is 6.87. The van der Waals surface area contributed by atoms with Gasteiger partial charge in [0, 0.05) is 25.8 Å². The standard InChI is InChI=1S/C18H27N3O3S/c1-14-3-2-4-15(11-14)12-19-17-6-5-16(13-20-17)18(22)21-7-9-25(23,24)10-8-21/h5-6,13-15H,2-4,7-12H2,1H3,(H,19,20). The second-order valence-electron chi connectivity index (χ2n) is 7.39.